The van der Waals surface area contributed by atoms with Crippen LogP contribution in [0.5, 0.6) is 0 Å². The fraction of sp³-hybridized carbons (Fsp3) is 0.867. The standard InChI is InChI=1S/C15H30N4O.HI/c1-5-6-7-9-17-15(16-4)18-13-8-10-19(11-13)14(20)12(2)3;/h12-13H,5-11H2,1-4H3,(H2,16,17,18);1H. The first-order valence-corrected chi connectivity index (χ1v) is 7.84. The molecule has 1 rings (SSSR count). The van der Waals surface area contributed by atoms with E-state index >= 15 is 0 Å². The van der Waals surface area contributed by atoms with Crippen LogP contribution in [0.25, 0.3) is 0 Å². The molecule has 0 aromatic heterocycles. The van der Waals surface area contributed by atoms with Gasteiger partial charge in [-0.1, -0.05) is 33.6 Å². The van der Waals surface area contributed by atoms with Gasteiger partial charge < -0.3 is 15.5 Å². The molecule has 1 fully saturated rings. The highest BCUT2D eigenvalue weighted by atomic mass is 127. The lowest BCUT2D eigenvalue weighted by molar-refractivity contribution is -0.133. The average molecular weight is 410 g/mol. The van der Waals surface area contributed by atoms with E-state index in [1.165, 1.54) is 19.3 Å². The number of rotatable bonds is 6. The Morgan fingerprint density at radius 1 is 1.38 bits per heavy atom. The lowest BCUT2D eigenvalue weighted by Gasteiger charge is -2.20. The van der Waals surface area contributed by atoms with Gasteiger partial charge in [0.1, 0.15) is 0 Å². The predicted molar refractivity (Wildman–Crippen MR) is 99.3 cm³/mol. The monoisotopic (exact) mass is 410 g/mol. The van der Waals surface area contributed by atoms with Crippen LogP contribution >= 0.6 is 24.0 Å². The van der Waals surface area contributed by atoms with E-state index in [1.807, 2.05) is 18.7 Å². The smallest absolute Gasteiger partial charge is 0.225 e. The molecule has 1 saturated heterocycles. The molecule has 0 aromatic rings. The number of halogens is 1. The van der Waals surface area contributed by atoms with Crippen LogP contribution in [0.4, 0.5) is 0 Å². The van der Waals surface area contributed by atoms with E-state index in [9.17, 15) is 4.79 Å². The maximum atomic E-state index is 11.9. The van der Waals surface area contributed by atoms with Gasteiger partial charge in [-0.25, -0.2) is 0 Å². The number of nitrogens with one attached hydrogen (secondary N) is 2. The molecule has 0 spiro atoms. The van der Waals surface area contributed by atoms with E-state index in [0.29, 0.717) is 6.04 Å². The van der Waals surface area contributed by atoms with E-state index in [-0.39, 0.29) is 35.8 Å². The summed E-state index contributed by atoms with van der Waals surface area (Å²) >= 11 is 0. The Hall–Kier alpha value is -0.530. The summed E-state index contributed by atoms with van der Waals surface area (Å²) in [7, 11) is 1.79. The second-order valence-electron chi connectivity index (χ2n) is 5.77. The second-order valence-corrected chi connectivity index (χ2v) is 5.77. The van der Waals surface area contributed by atoms with Crippen molar-refractivity contribution >= 4 is 35.8 Å². The third-order valence-electron chi connectivity index (χ3n) is 3.63. The third kappa shape index (κ3) is 7.33. The van der Waals surface area contributed by atoms with Crippen LogP contribution in [0.3, 0.4) is 0 Å². The average Bonchev–Trinajstić information content (AvgIpc) is 2.89. The van der Waals surface area contributed by atoms with Crippen molar-refractivity contribution in [2.24, 2.45) is 10.9 Å². The molecule has 2 N–H and O–H groups in total. The number of nitrogens with zero attached hydrogens (tertiary/aromatic N) is 2. The molecule has 6 heteroatoms. The summed E-state index contributed by atoms with van der Waals surface area (Å²) in [5.74, 6) is 1.19. The number of unbranched alkanes of at least 4 members (excludes halogenated alkanes) is 2. The molecule has 1 amide bonds. The van der Waals surface area contributed by atoms with Gasteiger partial charge in [0.25, 0.3) is 0 Å². The van der Waals surface area contributed by atoms with E-state index in [4.69, 9.17) is 0 Å². The largest absolute Gasteiger partial charge is 0.356 e. The number of carbonyl (C=O) groups excluding carboxylic acids is 1. The van der Waals surface area contributed by atoms with Crippen molar-refractivity contribution in [1.82, 2.24) is 15.5 Å². The quantitative estimate of drug-likeness (QED) is 0.306. The van der Waals surface area contributed by atoms with Crippen molar-refractivity contribution < 1.29 is 4.79 Å². The van der Waals surface area contributed by atoms with Gasteiger partial charge in [-0.15, -0.1) is 24.0 Å². The number of guanidine groups is 1. The lowest BCUT2D eigenvalue weighted by Crippen LogP contribution is -2.45. The first-order valence-electron chi connectivity index (χ1n) is 7.84. The zero-order valence-corrected chi connectivity index (χ0v) is 16.1. The Bertz CT molecular complexity index is 334. The van der Waals surface area contributed by atoms with Crippen LogP contribution in [-0.4, -0.2) is 49.5 Å². The zero-order chi connectivity index (χ0) is 15.0. The Balaban J connectivity index is 0.00000400. The summed E-state index contributed by atoms with van der Waals surface area (Å²) in [6, 6.07) is 0.315. The van der Waals surface area contributed by atoms with Gasteiger partial charge in [-0.05, 0) is 12.8 Å². The van der Waals surface area contributed by atoms with Gasteiger partial charge in [0.15, 0.2) is 5.96 Å². The van der Waals surface area contributed by atoms with Gasteiger partial charge in [0.2, 0.25) is 5.91 Å². The van der Waals surface area contributed by atoms with Gasteiger partial charge in [-0.2, -0.15) is 0 Å². The van der Waals surface area contributed by atoms with Crippen molar-refractivity contribution in [3.05, 3.63) is 0 Å². The minimum absolute atomic E-state index is 0. The van der Waals surface area contributed by atoms with Crippen LogP contribution in [-0.2, 0) is 4.79 Å². The lowest BCUT2D eigenvalue weighted by atomic mass is 10.2. The molecule has 1 unspecified atom stereocenters. The van der Waals surface area contributed by atoms with Crippen LogP contribution < -0.4 is 10.6 Å². The Kier molecular flexibility index (Phi) is 10.8. The van der Waals surface area contributed by atoms with E-state index in [2.05, 4.69) is 22.5 Å². The molecule has 0 saturated carbocycles. The highest BCUT2D eigenvalue weighted by molar-refractivity contribution is 14.0. The molecular weight excluding hydrogens is 379 g/mol. The van der Waals surface area contributed by atoms with Gasteiger partial charge in [0, 0.05) is 38.6 Å². The highest BCUT2D eigenvalue weighted by Gasteiger charge is 2.27. The predicted octanol–water partition coefficient (Wildman–Crippen LogP) is 2.22. The maximum Gasteiger partial charge on any atom is 0.225 e. The van der Waals surface area contributed by atoms with Crippen LogP contribution in [0.15, 0.2) is 4.99 Å². The fourth-order valence-electron chi connectivity index (χ4n) is 2.41. The SMILES string of the molecule is CCCCCNC(=NC)NC1CCN(C(=O)C(C)C)C1.I. The van der Waals surface area contributed by atoms with Crippen LogP contribution in [0.1, 0.15) is 46.5 Å². The summed E-state index contributed by atoms with van der Waals surface area (Å²) in [5, 5.41) is 6.74. The molecule has 1 aliphatic heterocycles. The van der Waals surface area contributed by atoms with Crippen LogP contribution in [0.2, 0.25) is 0 Å². The maximum absolute atomic E-state index is 11.9. The molecular formula is C15H31IN4O. The van der Waals surface area contributed by atoms with E-state index in [0.717, 1.165) is 32.0 Å². The molecule has 1 heterocycles. The third-order valence-corrected chi connectivity index (χ3v) is 3.63. The number of carbonyl (C=O) groups is 1. The summed E-state index contributed by atoms with van der Waals surface area (Å²) in [5.41, 5.74) is 0. The number of hydrogen-bond donors (Lipinski definition) is 2. The first-order chi connectivity index (χ1) is 9.58. The molecule has 1 aliphatic rings. The van der Waals surface area contributed by atoms with Gasteiger partial charge in [0.05, 0.1) is 0 Å². The normalized spacial score (nSPS) is 18.6. The Morgan fingerprint density at radius 2 is 2.10 bits per heavy atom. The van der Waals surface area contributed by atoms with Crippen molar-refractivity contribution in [3.63, 3.8) is 0 Å². The molecule has 0 bridgehead atoms. The molecule has 5 nitrogen and oxygen atoms in total. The number of aliphatic imine (C=N–C) groups is 1. The first kappa shape index (κ1) is 20.5. The van der Waals surface area contributed by atoms with Gasteiger partial charge >= 0.3 is 0 Å². The van der Waals surface area contributed by atoms with Crippen LogP contribution in [0, 0.1) is 5.92 Å². The molecule has 21 heavy (non-hydrogen) atoms. The topological polar surface area (TPSA) is 56.7 Å². The number of amides is 1. The molecule has 0 aliphatic carbocycles. The minimum Gasteiger partial charge on any atom is -0.356 e. The van der Waals surface area contributed by atoms with E-state index < -0.39 is 0 Å². The highest BCUT2D eigenvalue weighted by Crippen LogP contribution is 2.12. The molecule has 124 valence electrons. The van der Waals surface area contributed by atoms with Gasteiger partial charge in [-0.3, -0.25) is 9.79 Å². The van der Waals surface area contributed by atoms with Crippen molar-refractivity contribution in [1.29, 1.82) is 0 Å². The Morgan fingerprint density at radius 3 is 2.67 bits per heavy atom. The second kappa shape index (κ2) is 11.1. The molecule has 0 radical (unpaired) electrons. The number of likely N-dealkylation sites (tertiary alicyclic amines) is 1. The van der Waals surface area contributed by atoms with E-state index in [1.54, 1.807) is 7.05 Å². The molecule has 0 aromatic carbocycles. The van der Waals surface area contributed by atoms with Crippen molar-refractivity contribution in [2.75, 3.05) is 26.7 Å². The van der Waals surface area contributed by atoms with Crippen molar-refractivity contribution in [3.8, 4) is 0 Å². The Labute approximate surface area is 146 Å². The minimum atomic E-state index is 0. The zero-order valence-electron chi connectivity index (χ0n) is 13.8. The summed E-state index contributed by atoms with van der Waals surface area (Å²) in [4.78, 5) is 18.1. The van der Waals surface area contributed by atoms with Crippen molar-refractivity contribution in [2.45, 2.75) is 52.5 Å². The number of hydrogen-bond acceptors (Lipinski definition) is 2. The summed E-state index contributed by atoms with van der Waals surface area (Å²) < 4.78 is 0. The summed E-state index contributed by atoms with van der Waals surface area (Å²) in [6.07, 6.45) is 4.63. The summed E-state index contributed by atoms with van der Waals surface area (Å²) in [6.45, 7) is 8.70. The fourth-order valence-corrected chi connectivity index (χ4v) is 2.41. The molecule has 1 atom stereocenters.